The van der Waals surface area contributed by atoms with Crippen molar-refractivity contribution in [3.05, 3.63) is 0 Å². The zero-order chi connectivity index (χ0) is 15.3. The molecule has 0 aromatic carbocycles. The lowest BCUT2D eigenvalue weighted by molar-refractivity contribution is -0.146. The van der Waals surface area contributed by atoms with Gasteiger partial charge in [0.2, 0.25) is 11.8 Å². The van der Waals surface area contributed by atoms with E-state index in [-0.39, 0.29) is 30.2 Å². The number of carboxylic acids is 1. The van der Waals surface area contributed by atoms with Crippen LogP contribution in [0.2, 0.25) is 0 Å². The molecule has 1 unspecified atom stereocenters. The molecule has 1 aliphatic rings. The number of carbonyl (C=O) groups excluding carboxylic acids is 2. The van der Waals surface area contributed by atoms with Gasteiger partial charge in [-0.05, 0) is 12.8 Å². The summed E-state index contributed by atoms with van der Waals surface area (Å²) in [6.45, 7) is 4.32. The van der Waals surface area contributed by atoms with Crippen LogP contribution in [-0.2, 0) is 14.4 Å². The summed E-state index contributed by atoms with van der Waals surface area (Å²) in [6.07, 6.45) is -0.189. The van der Waals surface area contributed by atoms with Gasteiger partial charge in [0.25, 0.3) is 0 Å². The molecule has 0 aromatic rings. The van der Waals surface area contributed by atoms with Crippen LogP contribution in [0.1, 0.15) is 26.7 Å². The summed E-state index contributed by atoms with van der Waals surface area (Å²) in [5, 5.41) is 20.0. The van der Waals surface area contributed by atoms with Crippen molar-refractivity contribution in [2.24, 2.45) is 11.8 Å². The maximum atomic E-state index is 11.9. The number of piperidine rings is 1. The van der Waals surface area contributed by atoms with Crippen molar-refractivity contribution in [1.82, 2.24) is 10.2 Å². The number of rotatable bonds is 5. The van der Waals surface area contributed by atoms with Crippen molar-refractivity contribution in [3.63, 3.8) is 0 Å². The maximum absolute atomic E-state index is 11.9. The van der Waals surface area contributed by atoms with Crippen molar-refractivity contribution in [1.29, 1.82) is 0 Å². The van der Waals surface area contributed by atoms with Gasteiger partial charge in [-0.15, -0.1) is 0 Å². The molecule has 0 radical (unpaired) electrons. The largest absolute Gasteiger partial charge is 0.479 e. The topological polar surface area (TPSA) is 107 Å². The fourth-order valence-electron chi connectivity index (χ4n) is 2.19. The first-order valence-electron chi connectivity index (χ1n) is 6.80. The Morgan fingerprint density at radius 2 is 2.00 bits per heavy atom. The van der Waals surface area contributed by atoms with Gasteiger partial charge in [-0.3, -0.25) is 9.59 Å². The van der Waals surface area contributed by atoms with Crippen LogP contribution in [0.4, 0.5) is 0 Å². The molecule has 1 rings (SSSR count). The Hall–Kier alpha value is -1.63. The Morgan fingerprint density at radius 3 is 2.55 bits per heavy atom. The number of aliphatic hydroxyl groups is 1. The van der Waals surface area contributed by atoms with Gasteiger partial charge in [-0.1, -0.05) is 13.8 Å². The first-order valence-corrected chi connectivity index (χ1v) is 6.80. The number of nitrogens with zero attached hydrogens (tertiary/aromatic N) is 1. The van der Waals surface area contributed by atoms with Gasteiger partial charge in [-0.2, -0.15) is 0 Å². The first-order chi connectivity index (χ1) is 9.32. The average Bonchev–Trinajstić information content (AvgIpc) is 2.43. The molecule has 0 bridgehead atoms. The Bertz CT molecular complexity index is 383. The van der Waals surface area contributed by atoms with E-state index in [1.54, 1.807) is 4.90 Å². The minimum Gasteiger partial charge on any atom is -0.479 e. The number of likely N-dealkylation sites (tertiary alicyclic amines) is 1. The summed E-state index contributed by atoms with van der Waals surface area (Å²) in [5.41, 5.74) is 0. The van der Waals surface area contributed by atoms with Gasteiger partial charge in [0, 0.05) is 19.0 Å². The second-order valence-electron chi connectivity index (χ2n) is 5.38. The maximum Gasteiger partial charge on any atom is 0.334 e. The Kier molecular flexibility index (Phi) is 5.94. The number of amides is 2. The number of aliphatic carboxylic acids is 1. The normalized spacial score (nSPS) is 20.6. The van der Waals surface area contributed by atoms with Crippen molar-refractivity contribution < 1.29 is 24.6 Å². The molecule has 1 saturated heterocycles. The molecule has 0 aromatic heterocycles. The fraction of sp³-hybridized carbons (Fsp3) is 0.769. The van der Waals surface area contributed by atoms with Gasteiger partial charge in [0.15, 0.2) is 6.10 Å². The standard InChI is InChI=1S/C13H22N2O5/c1-8(2)12(18)15-5-3-4-9(7-15)11(17)14-6-10(16)13(19)20/h8-10,16H,3-7H2,1-2H3,(H,14,17)(H,19,20)/t9?,10-/m0/s1. The van der Waals surface area contributed by atoms with Crippen LogP contribution in [0.5, 0.6) is 0 Å². The second-order valence-corrected chi connectivity index (χ2v) is 5.38. The Labute approximate surface area is 117 Å². The third-order valence-electron chi connectivity index (χ3n) is 3.35. The molecule has 7 nitrogen and oxygen atoms in total. The zero-order valence-electron chi connectivity index (χ0n) is 11.8. The highest BCUT2D eigenvalue weighted by molar-refractivity contribution is 5.82. The molecule has 114 valence electrons. The number of nitrogens with one attached hydrogen (secondary N) is 1. The van der Waals surface area contributed by atoms with Crippen LogP contribution >= 0.6 is 0 Å². The van der Waals surface area contributed by atoms with E-state index in [2.05, 4.69) is 5.32 Å². The lowest BCUT2D eigenvalue weighted by Gasteiger charge is -2.33. The summed E-state index contributed by atoms with van der Waals surface area (Å²) in [4.78, 5) is 35.9. The number of hydrogen-bond acceptors (Lipinski definition) is 4. The SMILES string of the molecule is CC(C)C(=O)N1CCCC(C(=O)NC[C@H](O)C(=O)O)C1. The first kappa shape index (κ1) is 16.4. The molecule has 3 N–H and O–H groups in total. The molecule has 1 aliphatic heterocycles. The molecule has 0 spiro atoms. The van der Waals surface area contributed by atoms with Gasteiger partial charge in [0.1, 0.15) is 0 Å². The monoisotopic (exact) mass is 286 g/mol. The van der Waals surface area contributed by atoms with Crippen molar-refractivity contribution in [2.75, 3.05) is 19.6 Å². The van der Waals surface area contributed by atoms with Crippen LogP contribution in [0.15, 0.2) is 0 Å². The summed E-state index contributed by atoms with van der Waals surface area (Å²) >= 11 is 0. The van der Waals surface area contributed by atoms with Gasteiger partial charge < -0.3 is 20.4 Å². The second kappa shape index (κ2) is 7.23. The fourth-order valence-corrected chi connectivity index (χ4v) is 2.19. The summed E-state index contributed by atoms with van der Waals surface area (Å²) in [7, 11) is 0. The van der Waals surface area contributed by atoms with E-state index < -0.39 is 12.1 Å². The van der Waals surface area contributed by atoms with Crippen molar-refractivity contribution in [3.8, 4) is 0 Å². The molecule has 1 heterocycles. The molecular weight excluding hydrogens is 264 g/mol. The number of hydrogen-bond donors (Lipinski definition) is 3. The van der Waals surface area contributed by atoms with E-state index in [0.29, 0.717) is 19.5 Å². The molecule has 0 saturated carbocycles. The van der Waals surface area contributed by atoms with Gasteiger partial charge >= 0.3 is 5.97 Å². The van der Waals surface area contributed by atoms with Gasteiger partial charge in [-0.25, -0.2) is 4.79 Å². The van der Waals surface area contributed by atoms with Crippen molar-refractivity contribution >= 4 is 17.8 Å². The third kappa shape index (κ3) is 4.48. The summed E-state index contributed by atoms with van der Waals surface area (Å²) in [5.74, 6) is -2.11. The van der Waals surface area contributed by atoms with Crippen LogP contribution in [0.25, 0.3) is 0 Å². The molecule has 7 heteroatoms. The van der Waals surface area contributed by atoms with Crippen LogP contribution in [-0.4, -0.2) is 58.6 Å². The average molecular weight is 286 g/mol. The molecule has 1 fully saturated rings. The molecule has 2 atom stereocenters. The number of carboxylic acid groups (broad SMARTS) is 1. The minimum absolute atomic E-state index is 0.0214. The van der Waals surface area contributed by atoms with Crippen LogP contribution in [0, 0.1) is 11.8 Å². The van der Waals surface area contributed by atoms with Crippen LogP contribution < -0.4 is 5.32 Å². The van der Waals surface area contributed by atoms with Gasteiger partial charge in [0.05, 0.1) is 12.5 Å². The molecule has 2 amide bonds. The molecular formula is C13H22N2O5. The van der Waals surface area contributed by atoms with E-state index in [1.165, 1.54) is 0 Å². The quantitative estimate of drug-likeness (QED) is 0.628. The predicted molar refractivity (Wildman–Crippen MR) is 70.8 cm³/mol. The van der Waals surface area contributed by atoms with E-state index in [9.17, 15) is 14.4 Å². The minimum atomic E-state index is -1.60. The summed E-state index contributed by atoms with van der Waals surface area (Å²) in [6, 6.07) is 0. The van der Waals surface area contributed by atoms with Crippen LogP contribution in [0.3, 0.4) is 0 Å². The molecule has 0 aliphatic carbocycles. The zero-order valence-corrected chi connectivity index (χ0v) is 11.8. The highest BCUT2D eigenvalue weighted by Gasteiger charge is 2.29. The summed E-state index contributed by atoms with van der Waals surface area (Å²) < 4.78 is 0. The lowest BCUT2D eigenvalue weighted by atomic mass is 9.96. The predicted octanol–water partition coefficient (Wildman–Crippen LogP) is -0.557. The van der Waals surface area contributed by atoms with E-state index in [0.717, 1.165) is 6.42 Å². The smallest absolute Gasteiger partial charge is 0.334 e. The highest BCUT2D eigenvalue weighted by atomic mass is 16.4. The Morgan fingerprint density at radius 1 is 1.35 bits per heavy atom. The Balaban J connectivity index is 2.48. The van der Waals surface area contributed by atoms with E-state index in [1.807, 2.05) is 13.8 Å². The van der Waals surface area contributed by atoms with E-state index in [4.69, 9.17) is 10.2 Å². The number of aliphatic hydroxyl groups excluding tert-OH is 1. The van der Waals surface area contributed by atoms with E-state index >= 15 is 0 Å². The van der Waals surface area contributed by atoms with Crippen molar-refractivity contribution in [2.45, 2.75) is 32.8 Å². The lowest BCUT2D eigenvalue weighted by Crippen LogP contribution is -2.48. The number of carbonyl (C=O) groups is 3. The third-order valence-corrected chi connectivity index (χ3v) is 3.35. The highest BCUT2D eigenvalue weighted by Crippen LogP contribution is 2.18. The molecule has 20 heavy (non-hydrogen) atoms.